The molecule has 8 rings (SSSR count). The summed E-state index contributed by atoms with van der Waals surface area (Å²) in [5.41, 5.74) is 4.15. The van der Waals surface area contributed by atoms with Gasteiger partial charge in [0.05, 0.1) is 25.9 Å². The van der Waals surface area contributed by atoms with E-state index in [1.807, 2.05) is 0 Å². The summed E-state index contributed by atoms with van der Waals surface area (Å²) in [5, 5.41) is 0. The average molecular weight is 580 g/mol. The topological polar surface area (TPSA) is 30.9 Å². The van der Waals surface area contributed by atoms with Crippen molar-refractivity contribution in [1.82, 2.24) is 4.90 Å². The smallest absolute Gasteiger partial charge is 0.113 e. The van der Waals surface area contributed by atoms with E-state index in [1.54, 1.807) is 0 Å². The number of hydrogen-bond acceptors (Lipinski definition) is 4. The van der Waals surface area contributed by atoms with Gasteiger partial charge in [-0.2, -0.15) is 0 Å². The van der Waals surface area contributed by atoms with Gasteiger partial charge in [0.1, 0.15) is 12.2 Å². The largest absolute Gasteiger partial charge is 0.369 e. The molecule has 228 valence electrons. The van der Waals surface area contributed by atoms with Crippen LogP contribution in [0.2, 0.25) is 0 Å². The van der Waals surface area contributed by atoms with Gasteiger partial charge in [-0.15, -0.1) is 0 Å². The van der Waals surface area contributed by atoms with Crippen molar-refractivity contribution in [1.29, 1.82) is 0 Å². The first-order chi connectivity index (χ1) is 21.1. The molecule has 3 aromatic carbocycles. The zero-order valence-electron chi connectivity index (χ0n) is 25.9. The molecule has 4 bridgehead atoms. The van der Waals surface area contributed by atoms with Gasteiger partial charge in [0, 0.05) is 12.6 Å². The molecule has 0 amide bonds. The van der Waals surface area contributed by atoms with Crippen molar-refractivity contribution in [3.05, 3.63) is 108 Å². The zero-order valence-corrected chi connectivity index (χ0v) is 25.9. The van der Waals surface area contributed by atoms with Gasteiger partial charge in [-0.25, -0.2) is 0 Å². The summed E-state index contributed by atoms with van der Waals surface area (Å²) in [7, 11) is 0. The molecule has 43 heavy (non-hydrogen) atoms. The summed E-state index contributed by atoms with van der Waals surface area (Å²) < 4.78 is 20.4. The maximum absolute atomic E-state index is 6.84. The number of piperidine rings is 1. The molecule has 4 saturated carbocycles. The van der Waals surface area contributed by atoms with Crippen LogP contribution in [0.15, 0.2) is 91.0 Å². The van der Waals surface area contributed by atoms with Crippen molar-refractivity contribution in [2.75, 3.05) is 13.1 Å². The third-order valence-electron chi connectivity index (χ3n) is 11.1. The highest BCUT2D eigenvalue weighted by Gasteiger charge is 2.51. The van der Waals surface area contributed by atoms with Gasteiger partial charge in [0.15, 0.2) is 0 Å². The number of rotatable bonds is 12. The number of ether oxygens (including phenoxy) is 3. The molecule has 5 fully saturated rings. The summed E-state index contributed by atoms with van der Waals surface area (Å²) >= 11 is 0. The van der Waals surface area contributed by atoms with Crippen LogP contribution >= 0.6 is 0 Å². The van der Waals surface area contributed by atoms with Crippen molar-refractivity contribution in [2.45, 2.75) is 96.0 Å². The lowest BCUT2D eigenvalue weighted by molar-refractivity contribution is -0.202. The molecule has 1 heterocycles. The van der Waals surface area contributed by atoms with Gasteiger partial charge in [0.25, 0.3) is 0 Å². The Morgan fingerprint density at radius 3 is 1.53 bits per heavy atom. The van der Waals surface area contributed by atoms with Crippen molar-refractivity contribution < 1.29 is 14.2 Å². The summed E-state index contributed by atoms with van der Waals surface area (Å²) in [5.74, 6) is 2.97. The lowest BCUT2D eigenvalue weighted by Crippen LogP contribution is -2.62. The molecule has 3 aromatic rings. The highest BCUT2D eigenvalue weighted by Crippen LogP contribution is 2.61. The minimum Gasteiger partial charge on any atom is -0.369 e. The van der Waals surface area contributed by atoms with Crippen molar-refractivity contribution in [2.24, 2.45) is 23.2 Å². The summed E-state index contributed by atoms with van der Waals surface area (Å²) in [6.45, 7) is 6.08. The molecule has 0 aromatic heterocycles. The number of hydrogen-bond donors (Lipinski definition) is 0. The Morgan fingerprint density at radius 2 is 1.05 bits per heavy atom. The van der Waals surface area contributed by atoms with Crippen LogP contribution in [-0.2, 0) is 34.0 Å². The Hall–Kier alpha value is -2.50. The number of benzene rings is 3. The molecule has 4 atom stereocenters. The fourth-order valence-corrected chi connectivity index (χ4v) is 9.36. The van der Waals surface area contributed by atoms with E-state index < -0.39 is 0 Å². The molecule has 1 saturated heterocycles. The molecule has 5 aliphatic rings. The fourth-order valence-electron chi connectivity index (χ4n) is 9.36. The van der Waals surface area contributed by atoms with Gasteiger partial charge >= 0.3 is 0 Å². The number of likely N-dealkylation sites (tertiary alicyclic amines) is 1. The maximum atomic E-state index is 6.84. The van der Waals surface area contributed by atoms with Gasteiger partial charge in [-0.3, -0.25) is 4.90 Å². The van der Waals surface area contributed by atoms with Crippen LogP contribution in [-0.4, -0.2) is 42.3 Å². The summed E-state index contributed by atoms with van der Waals surface area (Å²) in [6.07, 6.45) is 9.90. The van der Waals surface area contributed by atoms with Crippen LogP contribution in [0.1, 0.15) is 68.6 Å². The van der Waals surface area contributed by atoms with Crippen LogP contribution in [0, 0.1) is 23.2 Å². The van der Waals surface area contributed by atoms with Gasteiger partial charge in [0.2, 0.25) is 0 Å². The molecule has 0 unspecified atom stereocenters. The summed E-state index contributed by atoms with van der Waals surface area (Å²) in [4.78, 5) is 2.69. The quantitative estimate of drug-likeness (QED) is 0.217. The fraction of sp³-hybridized carbons (Fsp3) is 0.538. The first kappa shape index (κ1) is 29.2. The Morgan fingerprint density at radius 1 is 0.605 bits per heavy atom. The first-order valence-corrected chi connectivity index (χ1v) is 16.8. The van der Waals surface area contributed by atoms with Crippen molar-refractivity contribution in [3.8, 4) is 0 Å². The second kappa shape index (κ2) is 13.2. The van der Waals surface area contributed by atoms with E-state index in [-0.39, 0.29) is 24.4 Å². The predicted octanol–water partition coefficient (Wildman–Crippen LogP) is 8.05. The third-order valence-corrected chi connectivity index (χ3v) is 11.1. The molecule has 0 radical (unpaired) electrons. The second-order valence-corrected chi connectivity index (χ2v) is 14.3. The molecular formula is C39H49NO3. The minimum absolute atomic E-state index is 0.0720. The second-order valence-electron chi connectivity index (χ2n) is 14.3. The Kier molecular flexibility index (Phi) is 9.00. The van der Waals surface area contributed by atoms with Crippen LogP contribution in [0.4, 0.5) is 0 Å². The standard InChI is InChI=1S/C39H49NO3/c1-29-37(42-27-31-13-7-3-8-14-31)38(43-28-32-15-9-4-10-16-32)36(41-26-30-11-5-2-6-12-30)25-40(29)18-17-39-22-33-19-34(23-39)21-35(20-33)24-39/h2-16,29,33-38H,17-28H2,1H3/t29-,33?,34?,35?,36+,37-,38-,39?/m1/s1. The molecule has 0 spiro atoms. The van der Waals surface area contributed by atoms with E-state index in [4.69, 9.17) is 14.2 Å². The van der Waals surface area contributed by atoms with Gasteiger partial charge in [-0.1, -0.05) is 91.0 Å². The normalized spacial score (nSPS) is 33.6. The average Bonchev–Trinajstić information content (AvgIpc) is 3.03. The maximum Gasteiger partial charge on any atom is 0.113 e. The SMILES string of the molecule is C[C@@H]1[C@@H](OCc2ccccc2)[C@H](OCc2ccccc2)[C@@H](OCc2ccccc2)CN1CCC12CC3CC(CC(C3)C1)C2. The van der Waals surface area contributed by atoms with E-state index in [1.165, 1.54) is 61.6 Å². The predicted molar refractivity (Wildman–Crippen MR) is 171 cm³/mol. The highest BCUT2D eigenvalue weighted by molar-refractivity contribution is 5.16. The molecule has 0 N–H and O–H groups in total. The van der Waals surface area contributed by atoms with Crippen molar-refractivity contribution in [3.63, 3.8) is 0 Å². The van der Waals surface area contributed by atoms with Crippen molar-refractivity contribution >= 4 is 0 Å². The lowest BCUT2D eigenvalue weighted by atomic mass is 9.49. The molecular weight excluding hydrogens is 530 g/mol. The van der Waals surface area contributed by atoms with Crippen LogP contribution < -0.4 is 0 Å². The lowest BCUT2D eigenvalue weighted by Gasteiger charge is -2.57. The number of nitrogens with zero attached hydrogens (tertiary/aromatic N) is 1. The Balaban J connectivity index is 1.11. The first-order valence-electron chi connectivity index (χ1n) is 16.8. The van der Waals surface area contributed by atoms with Crippen LogP contribution in [0.3, 0.4) is 0 Å². The van der Waals surface area contributed by atoms with E-state index in [0.29, 0.717) is 25.2 Å². The molecule has 4 aliphatic carbocycles. The highest BCUT2D eigenvalue weighted by atomic mass is 16.6. The molecule has 4 nitrogen and oxygen atoms in total. The summed E-state index contributed by atoms with van der Waals surface area (Å²) in [6, 6.07) is 31.9. The molecule has 1 aliphatic heterocycles. The Labute approximate surface area is 258 Å². The third kappa shape index (κ3) is 6.93. The Bertz CT molecular complexity index is 1250. The van der Waals surface area contributed by atoms with E-state index in [9.17, 15) is 0 Å². The zero-order chi connectivity index (χ0) is 29.1. The van der Waals surface area contributed by atoms with Gasteiger partial charge in [-0.05, 0) is 98.3 Å². The van der Waals surface area contributed by atoms with Crippen LogP contribution in [0.5, 0.6) is 0 Å². The van der Waals surface area contributed by atoms with E-state index >= 15 is 0 Å². The van der Waals surface area contributed by atoms with Crippen LogP contribution in [0.25, 0.3) is 0 Å². The van der Waals surface area contributed by atoms with E-state index in [2.05, 4.69) is 103 Å². The van der Waals surface area contributed by atoms with Gasteiger partial charge < -0.3 is 14.2 Å². The van der Waals surface area contributed by atoms with E-state index in [0.717, 1.165) is 30.8 Å². The molecule has 4 heteroatoms. The minimum atomic E-state index is -0.154. The monoisotopic (exact) mass is 579 g/mol.